The average molecular weight is 655 g/mol. The van der Waals surface area contributed by atoms with Crippen LogP contribution >= 0.6 is 23.1 Å². The van der Waals surface area contributed by atoms with Crippen molar-refractivity contribution in [2.75, 3.05) is 32.2 Å². The first-order valence-corrected chi connectivity index (χ1v) is 16.6. The topological polar surface area (TPSA) is 192 Å². The molecule has 0 amide bonds. The van der Waals surface area contributed by atoms with Crippen LogP contribution in [0.3, 0.4) is 0 Å². The number of carboxylic acid groups (broad SMARTS) is 1. The molecule has 13 nitrogen and oxygen atoms in total. The van der Waals surface area contributed by atoms with E-state index in [1.54, 1.807) is 47.3 Å². The van der Waals surface area contributed by atoms with Gasteiger partial charge in [-0.05, 0) is 42.3 Å². The minimum Gasteiger partial charge on any atom is -0.491 e. The van der Waals surface area contributed by atoms with Gasteiger partial charge in [0.25, 0.3) is 10.0 Å². The molecule has 0 aliphatic rings. The van der Waals surface area contributed by atoms with Crippen LogP contribution in [0.4, 0.5) is 4.39 Å². The molecule has 2 aromatic carbocycles. The van der Waals surface area contributed by atoms with Gasteiger partial charge in [0.05, 0.1) is 22.5 Å². The number of aliphatic carboxylic acids is 1. The lowest BCUT2D eigenvalue weighted by Crippen LogP contribution is -2.42. The molecule has 17 heteroatoms. The molecule has 0 saturated carbocycles. The van der Waals surface area contributed by atoms with Gasteiger partial charge in [-0.15, -0.1) is 16.4 Å². The zero-order chi connectivity index (χ0) is 30.8. The van der Waals surface area contributed by atoms with Gasteiger partial charge in [-0.3, -0.25) is 4.79 Å². The minimum atomic E-state index is -3.90. The van der Waals surface area contributed by atoms with Crippen molar-refractivity contribution in [3.8, 4) is 11.5 Å². The van der Waals surface area contributed by atoms with Gasteiger partial charge < -0.3 is 25.0 Å². The number of sulfonamides is 1. The third-order valence-corrected chi connectivity index (χ3v) is 9.50. The highest BCUT2D eigenvalue weighted by molar-refractivity contribution is 7.98. The lowest BCUT2D eigenvalue weighted by Gasteiger charge is -2.20. The summed E-state index contributed by atoms with van der Waals surface area (Å²) in [6, 6.07) is 11.0. The summed E-state index contributed by atoms with van der Waals surface area (Å²) >= 11 is 2.38. The molecule has 1 unspecified atom stereocenters. The van der Waals surface area contributed by atoms with E-state index in [-0.39, 0.29) is 42.5 Å². The molecule has 0 saturated heterocycles. The highest BCUT2D eigenvalue weighted by Gasteiger charge is 2.21. The van der Waals surface area contributed by atoms with Crippen LogP contribution in [0.5, 0.6) is 11.5 Å². The van der Waals surface area contributed by atoms with Gasteiger partial charge in [0.1, 0.15) is 43.1 Å². The number of nitrogens with one attached hydrogen (secondary N) is 1. The normalized spacial score (nSPS) is 13.2. The van der Waals surface area contributed by atoms with Crippen molar-refractivity contribution in [2.24, 2.45) is 5.14 Å². The Bertz CT molecular complexity index is 1620. The summed E-state index contributed by atoms with van der Waals surface area (Å²) in [4.78, 5) is 15.9. The van der Waals surface area contributed by atoms with E-state index in [1.807, 2.05) is 6.07 Å². The number of carbonyl (C=O) groups is 1. The van der Waals surface area contributed by atoms with Crippen molar-refractivity contribution in [3.63, 3.8) is 0 Å². The first-order valence-electron chi connectivity index (χ1n) is 13.1. The second-order valence-electron chi connectivity index (χ2n) is 9.30. The van der Waals surface area contributed by atoms with Gasteiger partial charge in [0.2, 0.25) is 4.34 Å². The lowest BCUT2D eigenvalue weighted by atomic mass is 10.2. The molecule has 2 heterocycles. The number of aliphatic hydroxyl groups excluding tert-OH is 1. The van der Waals surface area contributed by atoms with Crippen molar-refractivity contribution in [2.45, 2.75) is 35.2 Å². The fraction of sp³-hybridized carbons (Fsp3) is 0.385. The Morgan fingerprint density at radius 3 is 2.77 bits per heavy atom. The molecule has 4 rings (SSSR count). The Hall–Kier alpha value is -3.35. The highest BCUT2D eigenvalue weighted by atomic mass is 32.2. The predicted molar refractivity (Wildman–Crippen MR) is 160 cm³/mol. The van der Waals surface area contributed by atoms with E-state index in [2.05, 4.69) is 20.6 Å². The third kappa shape index (κ3) is 9.57. The molecule has 232 valence electrons. The molecule has 43 heavy (non-hydrogen) atoms. The maximum absolute atomic E-state index is 12.4. The zero-order valence-electron chi connectivity index (χ0n) is 22.8. The molecule has 0 fully saturated rings. The molecule has 2 aromatic heterocycles. The van der Waals surface area contributed by atoms with E-state index in [0.29, 0.717) is 39.6 Å². The van der Waals surface area contributed by atoms with Crippen molar-refractivity contribution in [3.05, 3.63) is 59.9 Å². The van der Waals surface area contributed by atoms with E-state index in [1.165, 1.54) is 11.8 Å². The van der Waals surface area contributed by atoms with E-state index in [0.717, 1.165) is 16.9 Å². The standard InChI is InChI=1S/C26H31FN6O7S3/c27-7-9-39-20-3-1-2-17(10-20)15-41-16-23(25(35)36)29-12-19(6-8-34)33-13-18(31-32-33)14-40-21-4-5-22-24(11-21)42-26(30-22)43(28,37)38/h1-5,10-11,13,19,23,29,34H,6-9,12,14-16H2,(H,35,36)(H2,28,37,38)/t19-,23?/m0/s1. The van der Waals surface area contributed by atoms with Crippen LogP contribution in [0.1, 0.15) is 23.7 Å². The van der Waals surface area contributed by atoms with Gasteiger partial charge in [0.15, 0.2) is 0 Å². The summed E-state index contributed by atoms with van der Waals surface area (Å²) in [5.41, 5.74) is 1.92. The van der Waals surface area contributed by atoms with Gasteiger partial charge in [-0.1, -0.05) is 17.3 Å². The molecule has 0 aliphatic carbocycles. The molecule has 5 N–H and O–H groups in total. The summed E-state index contributed by atoms with van der Waals surface area (Å²) in [5, 5.41) is 35.8. The Kier molecular flexibility index (Phi) is 11.7. The number of halogens is 1. The minimum absolute atomic E-state index is 0.0210. The zero-order valence-corrected chi connectivity index (χ0v) is 25.3. The Balaban J connectivity index is 1.30. The van der Waals surface area contributed by atoms with E-state index in [9.17, 15) is 27.8 Å². The molecule has 0 bridgehead atoms. The van der Waals surface area contributed by atoms with E-state index < -0.39 is 28.7 Å². The number of nitrogens with zero attached hydrogens (tertiary/aromatic N) is 4. The molecule has 0 spiro atoms. The second kappa shape index (κ2) is 15.4. The number of fused-ring (bicyclic) bond motifs is 1. The summed E-state index contributed by atoms with van der Waals surface area (Å²) in [5.74, 6) is 0.870. The number of thiazole rings is 1. The lowest BCUT2D eigenvalue weighted by molar-refractivity contribution is -0.138. The average Bonchev–Trinajstić information content (AvgIpc) is 3.63. The van der Waals surface area contributed by atoms with Crippen LogP contribution < -0.4 is 19.9 Å². The SMILES string of the molecule is NS(=O)(=O)c1nc2ccc(OCc3cn([C@@H](CCO)CNC(CSCc4cccc(OCCF)c4)C(=O)O)nn3)cc2s1. The first kappa shape index (κ1) is 32.6. The predicted octanol–water partition coefficient (Wildman–Crippen LogP) is 2.36. The number of rotatable bonds is 18. The van der Waals surface area contributed by atoms with E-state index >= 15 is 0 Å². The molecule has 0 radical (unpaired) electrons. The summed E-state index contributed by atoms with van der Waals surface area (Å²) < 4.78 is 48.6. The number of hydrogen-bond donors (Lipinski definition) is 4. The number of primary sulfonamides is 1. The fourth-order valence-corrected chi connectivity index (χ4v) is 6.67. The van der Waals surface area contributed by atoms with Gasteiger partial charge >= 0.3 is 5.97 Å². The van der Waals surface area contributed by atoms with Gasteiger partial charge in [0, 0.05) is 24.7 Å². The number of carboxylic acids is 1. The molecule has 0 aliphatic heterocycles. The molecule has 4 aromatic rings. The van der Waals surface area contributed by atoms with Crippen LogP contribution in [-0.2, 0) is 27.2 Å². The van der Waals surface area contributed by atoms with Crippen LogP contribution in [0, 0.1) is 0 Å². The first-order chi connectivity index (χ1) is 20.7. The maximum Gasteiger partial charge on any atom is 0.321 e. The number of hydrogen-bond acceptors (Lipinski definition) is 12. The molecule has 2 atom stereocenters. The number of ether oxygens (including phenoxy) is 2. The Labute approximate surface area is 255 Å². The van der Waals surface area contributed by atoms with Crippen molar-refractivity contribution in [1.29, 1.82) is 0 Å². The van der Waals surface area contributed by atoms with Crippen molar-refractivity contribution < 1.29 is 37.3 Å². The van der Waals surface area contributed by atoms with Crippen LogP contribution in [-0.4, -0.2) is 82.8 Å². The van der Waals surface area contributed by atoms with Crippen molar-refractivity contribution in [1.82, 2.24) is 25.3 Å². The highest BCUT2D eigenvalue weighted by Crippen LogP contribution is 2.28. The monoisotopic (exact) mass is 654 g/mol. The third-order valence-electron chi connectivity index (χ3n) is 6.06. The number of thioether (sulfide) groups is 1. The van der Waals surface area contributed by atoms with Crippen LogP contribution in [0.2, 0.25) is 0 Å². The fourth-order valence-electron chi connectivity index (χ4n) is 3.96. The van der Waals surface area contributed by atoms with Gasteiger partial charge in [-0.25, -0.2) is 27.6 Å². The maximum atomic E-state index is 12.4. The van der Waals surface area contributed by atoms with Crippen molar-refractivity contribution >= 4 is 49.3 Å². The summed E-state index contributed by atoms with van der Waals surface area (Å²) in [6.45, 7) is -0.444. The molecular weight excluding hydrogens is 624 g/mol. The number of aromatic nitrogens is 4. The Morgan fingerprint density at radius 2 is 2.02 bits per heavy atom. The van der Waals surface area contributed by atoms with Crippen LogP contribution in [0.15, 0.2) is 53.0 Å². The number of benzene rings is 2. The quantitative estimate of drug-likeness (QED) is 0.123. The summed E-state index contributed by atoms with van der Waals surface area (Å²) in [7, 11) is -3.90. The smallest absolute Gasteiger partial charge is 0.321 e. The number of alkyl halides is 1. The number of nitrogens with two attached hydrogens (primary N) is 1. The van der Waals surface area contributed by atoms with Gasteiger partial charge in [-0.2, -0.15) is 11.8 Å². The number of aliphatic hydroxyl groups is 1. The van der Waals surface area contributed by atoms with E-state index in [4.69, 9.17) is 14.6 Å². The molecular formula is C26H31FN6O7S3. The summed E-state index contributed by atoms with van der Waals surface area (Å²) in [6.07, 6.45) is 1.98. The Morgan fingerprint density at radius 1 is 1.21 bits per heavy atom. The van der Waals surface area contributed by atoms with Crippen LogP contribution in [0.25, 0.3) is 10.2 Å². The second-order valence-corrected chi connectivity index (χ2v) is 13.1. The largest absolute Gasteiger partial charge is 0.491 e.